The molecule has 0 bridgehead atoms. The molecule has 2 aromatic carbocycles. The second kappa shape index (κ2) is 6.57. The third-order valence-electron chi connectivity index (χ3n) is 3.22. The molecule has 3 aromatic rings. The molecule has 1 amide bonds. The molecule has 0 unspecified atom stereocenters. The van der Waals surface area contributed by atoms with Crippen molar-refractivity contribution >= 4 is 22.5 Å². The van der Waals surface area contributed by atoms with Gasteiger partial charge >= 0.3 is 0 Å². The first-order valence-electron chi connectivity index (χ1n) is 7.14. The predicted molar refractivity (Wildman–Crippen MR) is 84.8 cm³/mol. The van der Waals surface area contributed by atoms with Gasteiger partial charge in [0, 0.05) is 6.07 Å². The van der Waals surface area contributed by atoms with E-state index in [0.717, 1.165) is 18.2 Å². The quantitative estimate of drug-likeness (QED) is 0.798. The smallest absolute Gasteiger partial charge is 0.262 e. The molecule has 1 heterocycles. The minimum absolute atomic E-state index is 0.243. The van der Waals surface area contributed by atoms with Gasteiger partial charge in [0.05, 0.1) is 16.6 Å². The molecule has 0 aliphatic carbocycles. The summed E-state index contributed by atoms with van der Waals surface area (Å²) in [6.07, 6.45) is 0. The molecule has 0 spiro atoms. The number of nitrogens with one attached hydrogen (secondary N) is 1. The molecule has 5 nitrogen and oxygen atoms in total. The second-order valence-corrected chi connectivity index (χ2v) is 5.05. The third kappa shape index (κ3) is 3.45. The molecule has 0 fully saturated rings. The fourth-order valence-electron chi connectivity index (χ4n) is 2.18. The van der Waals surface area contributed by atoms with E-state index >= 15 is 0 Å². The third-order valence-corrected chi connectivity index (χ3v) is 3.22. The number of aromatic nitrogens is 2. The van der Waals surface area contributed by atoms with Crippen LogP contribution in [0.1, 0.15) is 5.82 Å². The average molecular weight is 329 g/mol. The highest BCUT2D eigenvalue weighted by Gasteiger charge is 2.11. The molecule has 0 aliphatic rings. The molecule has 7 heteroatoms. The van der Waals surface area contributed by atoms with Crippen LogP contribution in [0.15, 0.2) is 42.5 Å². The van der Waals surface area contributed by atoms with Gasteiger partial charge < -0.3 is 10.1 Å². The molecule has 0 atom stereocenters. The van der Waals surface area contributed by atoms with Crippen molar-refractivity contribution in [3.05, 3.63) is 59.9 Å². The molecule has 0 radical (unpaired) electrons. The van der Waals surface area contributed by atoms with Crippen LogP contribution in [0.2, 0.25) is 0 Å². The van der Waals surface area contributed by atoms with E-state index in [1.807, 2.05) is 6.07 Å². The van der Waals surface area contributed by atoms with Crippen LogP contribution in [0.5, 0.6) is 5.88 Å². The Kier molecular flexibility index (Phi) is 4.33. The first kappa shape index (κ1) is 15.8. The van der Waals surface area contributed by atoms with Crippen molar-refractivity contribution < 1.29 is 18.3 Å². The Labute approximate surface area is 136 Å². The minimum atomic E-state index is -0.729. The Balaban J connectivity index is 1.74. The van der Waals surface area contributed by atoms with E-state index in [9.17, 15) is 13.6 Å². The lowest BCUT2D eigenvalue weighted by Crippen LogP contribution is -2.21. The van der Waals surface area contributed by atoms with E-state index in [1.165, 1.54) is 0 Å². The van der Waals surface area contributed by atoms with E-state index in [2.05, 4.69) is 15.3 Å². The number of anilines is 1. The van der Waals surface area contributed by atoms with E-state index in [0.29, 0.717) is 16.7 Å². The topological polar surface area (TPSA) is 64.1 Å². The highest BCUT2D eigenvalue weighted by atomic mass is 19.1. The maximum Gasteiger partial charge on any atom is 0.262 e. The fraction of sp³-hybridized carbons (Fsp3) is 0.118. The van der Waals surface area contributed by atoms with Crippen LogP contribution in [-0.4, -0.2) is 22.5 Å². The summed E-state index contributed by atoms with van der Waals surface area (Å²) in [5, 5.41) is 2.92. The molecular weight excluding hydrogens is 316 g/mol. The molecule has 122 valence electrons. The van der Waals surface area contributed by atoms with Crippen LogP contribution < -0.4 is 10.1 Å². The van der Waals surface area contributed by atoms with Crippen LogP contribution in [0, 0.1) is 18.6 Å². The molecule has 24 heavy (non-hydrogen) atoms. The number of ether oxygens (including phenoxy) is 1. The number of para-hydroxylation sites is 1. The van der Waals surface area contributed by atoms with Gasteiger partial charge in [0.2, 0.25) is 5.88 Å². The standard InChI is InChI=1S/C17H13F2N3O2/c1-10-20-14-5-3-2-4-12(14)17(21-10)24-9-16(23)22-15-8-11(18)6-7-13(15)19/h2-8H,9H2,1H3,(H,22,23). The monoisotopic (exact) mass is 329 g/mol. The van der Waals surface area contributed by atoms with Gasteiger partial charge in [-0.1, -0.05) is 12.1 Å². The summed E-state index contributed by atoms with van der Waals surface area (Å²) in [7, 11) is 0. The van der Waals surface area contributed by atoms with Crippen molar-refractivity contribution in [3.8, 4) is 5.88 Å². The van der Waals surface area contributed by atoms with Gasteiger partial charge in [-0.25, -0.2) is 13.8 Å². The summed E-state index contributed by atoms with van der Waals surface area (Å²) >= 11 is 0. The van der Waals surface area contributed by atoms with Crippen molar-refractivity contribution in [2.24, 2.45) is 0 Å². The Hall–Kier alpha value is -3.09. The maximum absolute atomic E-state index is 13.5. The summed E-state index contributed by atoms with van der Waals surface area (Å²) in [5.41, 5.74) is 0.448. The summed E-state index contributed by atoms with van der Waals surface area (Å²) in [4.78, 5) is 20.3. The Morgan fingerprint density at radius 2 is 1.96 bits per heavy atom. The van der Waals surface area contributed by atoms with Crippen molar-refractivity contribution in [3.63, 3.8) is 0 Å². The summed E-state index contributed by atoms with van der Waals surface area (Å²) in [6, 6.07) is 10.0. The summed E-state index contributed by atoms with van der Waals surface area (Å²) in [5.74, 6) is -1.24. The van der Waals surface area contributed by atoms with Crippen LogP contribution in [0.25, 0.3) is 10.9 Å². The number of amides is 1. The van der Waals surface area contributed by atoms with E-state index < -0.39 is 24.1 Å². The molecule has 0 saturated carbocycles. The largest absolute Gasteiger partial charge is 0.467 e. The number of carbonyl (C=O) groups is 1. The first-order valence-corrected chi connectivity index (χ1v) is 7.14. The zero-order valence-corrected chi connectivity index (χ0v) is 12.7. The van der Waals surface area contributed by atoms with Gasteiger partial charge in [-0.3, -0.25) is 4.79 Å². The summed E-state index contributed by atoms with van der Waals surface area (Å²) < 4.78 is 32.0. The molecule has 3 rings (SSSR count). The number of fused-ring (bicyclic) bond motifs is 1. The predicted octanol–water partition coefficient (Wildman–Crippen LogP) is 3.23. The number of hydrogen-bond donors (Lipinski definition) is 1. The number of benzene rings is 2. The number of hydrogen-bond acceptors (Lipinski definition) is 4. The van der Waals surface area contributed by atoms with Crippen LogP contribution in [0.4, 0.5) is 14.5 Å². The van der Waals surface area contributed by atoms with E-state index in [-0.39, 0.29) is 11.6 Å². The zero-order chi connectivity index (χ0) is 17.1. The lowest BCUT2D eigenvalue weighted by atomic mass is 10.2. The fourth-order valence-corrected chi connectivity index (χ4v) is 2.18. The van der Waals surface area contributed by atoms with Crippen molar-refractivity contribution in [2.75, 3.05) is 11.9 Å². The van der Waals surface area contributed by atoms with Gasteiger partial charge in [0.25, 0.3) is 5.91 Å². The number of halogens is 2. The van der Waals surface area contributed by atoms with E-state index in [4.69, 9.17) is 4.74 Å². The Morgan fingerprint density at radius 1 is 1.17 bits per heavy atom. The van der Waals surface area contributed by atoms with Gasteiger partial charge in [-0.2, -0.15) is 4.98 Å². The van der Waals surface area contributed by atoms with Crippen LogP contribution in [0.3, 0.4) is 0 Å². The second-order valence-electron chi connectivity index (χ2n) is 5.05. The number of aryl methyl sites for hydroxylation is 1. The molecule has 1 aromatic heterocycles. The molecular formula is C17H13F2N3O2. The number of rotatable bonds is 4. The van der Waals surface area contributed by atoms with Crippen LogP contribution in [-0.2, 0) is 4.79 Å². The maximum atomic E-state index is 13.5. The van der Waals surface area contributed by atoms with E-state index in [1.54, 1.807) is 25.1 Å². The Bertz CT molecular complexity index is 915. The minimum Gasteiger partial charge on any atom is -0.467 e. The first-order chi connectivity index (χ1) is 11.5. The van der Waals surface area contributed by atoms with Crippen molar-refractivity contribution in [1.29, 1.82) is 0 Å². The number of nitrogens with zero attached hydrogens (tertiary/aromatic N) is 2. The molecule has 0 saturated heterocycles. The SMILES string of the molecule is Cc1nc(OCC(=O)Nc2cc(F)ccc2F)c2ccccc2n1. The van der Waals surface area contributed by atoms with Crippen molar-refractivity contribution in [1.82, 2.24) is 9.97 Å². The highest BCUT2D eigenvalue weighted by Crippen LogP contribution is 2.22. The van der Waals surface area contributed by atoms with Gasteiger partial charge in [0.15, 0.2) is 6.61 Å². The van der Waals surface area contributed by atoms with Crippen LogP contribution >= 0.6 is 0 Å². The van der Waals surface area contributed by atoms with Gasteiger partial charge in [-0.05, 0) is 31.2 Å². The van der Waals surface area contributed by atoms with Gasteiger partial charge in [-0.15, -0.1) is 0 Å². The normalized spacial score (nSPS) is 10.6. The lowest BCUT2D eigenvalue weighted by molar-refractivity contribution is -0.118. The summed E-state index contributed by atoms with van der Waals surface area (Å²) in [6.45, 7) is 1.32. The number of carbonyl (C=O) groups excluding carboxylic acids is 1. The lowest BCUT2D eigenvalue weighted by Gasteiger charge is -2.10. The highest BCUT2D eigenvalue weighted by molar-refractivity contribution is 5.92. The molecule has 1 N–H and O–H groups in total. The molecule has 0 aliphatic heterocycles. The van der Waals surface area contributed by atoms with Gasteiger partial charge in [0.1, 0.15) is 17.5 Å². The Morgan fingerprint density at radius 3 is 2.79 bits per heavy atom. The zero-order valence-electron chi connectivity index (χ0n) is 12.7. The average Bonchev–Trinajstić information content (AvgIpc) is 2.56. The van der Waals surface area contributed by atoms with Crippen molar-refractivity contribution in [2.45, 2.75) is 6.92 Å².